The van der Waals surface area contributed by atoms with Crippen molar-refractivity contribution in [3.63, 3.8) is 0 Å². The van der Waals surface area contributed by atoms with E-state index in [0.29, 0.717) is 10.5 Å². The molecule has 30 heavy (non-hydrogen) atoms. The van der Waals surface area contributed by atoms with Crippen LogP contribution in [-0.4, -0.2) is 44.0 Å². The van der Waals surface area contributed by atoms with E-state index in [1.54, 1.807) is 0 Å². The highest BCUT2D eigenvalue weighted by molar-refractivity contribution is 7.91. The molecular formula is C16H17F3N6O4S. The van der Waals surface area contributed by atoms with Crippen LogP contribution in [0.5, 0.6) is 0 Å². The van der Waals surface area contributed by atoms with Gasteiger partial charge in [0.05, 0.1) is 10.8 Å². The molecule has 3 heterocycles. The zero-order valence-corrected chi connectivity index (χ0v) is 17.1. The van der Waals surface area contributed by atoms with E-state index in [4.69, 9.17) is 4.42 Å². The van der Waals surface area contributed by atoms with Crippen molar-refractivity contribution in [2.24, 2.45) is 12.0 Å². The van der Waals surface area contributed by atoms with Crippen LogP contribution in [0.2, 0.25) is 0 Å². The number of pyridine rings is 1. The standard InChI is InChI=1S/C16H17F3N6O4S/c1-8(2)30(27,28)7-12-21-22-13-10(5-6-11(25(12)13)16(17,18)19)14(26)20-15-24(4)23-9(3)29-15/h5-6,8H,7H2,1-4H3. The van der Waals surface area contributed by atoms with Gasteiger partial charge in [-0.15, -0.1) is 15.3 Å². The van der Waals surface area contributed by atoms with E-state index in [1.807, 2.05) is 0 Å². The van der Waals surface area contributed by atoms with E-state index >= 15 is 0 Å². The first-order chi connectivity index (χ1) is 13.8. The number of carbonyl (C=O) groups is 1. The minimum atomic E-state index is -4.84. The van der Waals surface area contributed by atoms with Crippen molar-refractivity contribution in [3.05, 3.63) is 40.8 Å². The minimum absolute atomic E-state index is 0.169. The molecule has 3 rings (SSSR count). The average Bonchev–Trinajstić information content (AvgIpc) is 3.15. The number of rotatable bonds is 4. The van der Waals surface area contributed by atoms with Gasteiger partial charge in [-0.05, 0) is 26.0 Å². The molecule has 10 nitrogen and oxygen atoms in total. The summed E-state index contributed by atoms with van der Waals surface area (Å²) in [6.07, 6.45) is -4.84. The summed E-state index contributed by atoms with van der Waals surface area (Å²) in [6.45, 7) is 4.33. The molecule has 0 bridgehead atoms. The Morgan fingerprint density at radius 3 is 2.47 bits per heavy atom. The van der Waals surface area contributed by atoms with Crippen LogP contribution in [0.15, 0.2) is 21.5 Å². The Labute approximate surface area is 168 Å². The van der Waals surface area contributed by atoms with Gasteiger partial charge in [0.1, 0.15) is 11.4 Å². The van der Waals surface area contributed by atoms with E-state index in [-0.39, 0.29) is 17.1 Å². The topological polar surface area (TPSA) is 125 Å². The fraction of sp³-hybridized carbons (Fsp3) is 0.438. The third-order valence-corrected chi connectivity index (χ3v) is 6.29. The summed E-state index contributed by atoms with van der Waals surface area (Å²) in [5, 5.41) is 10.3. The van der Waals surface area contributed by atoms with Crippen LogP contribution >= 0.6 is 0 Å². The first-order valence-electron chi connectivity index (χ1n) is 8.57. The number of carbonyl (C=O) groups excluding carboxylic acids is 1. The molecule has 0 saturated heterocycles. The van der Waals surface area contributed by atoms with Crippen molar-refractivity contribution in [2.75, 3.05) is 0 Å². The Bertz CT molecular complexity index is 1300. The molecule has 1 amide bonds. The zero-order valence-electron chi connectivity index (χ0n) is 16.3. The number of aromatic nitrogens is 5. The van der Waals surface area contributed by atoms with Gasteiger partial charge in [0.15, 0.2) is 21.3 Å². The highest BCUT2D eigenvalue weighted by Gasteiger charge is 2.36. The number of fused-ring (bicyclic) bond motifs is 1. The fourth-order valence-electron chi connectivity index (χ4n) is 2.60. The minimum Gasteiger partial charge on any atom is -0.408 e. The number of alkyl halides is 3. The maximum atomic E-state index is 13.5. The first kappa shape index (κ1) is 21.7. The van der Waals surface area contributed by atoms with Gasteiger partial charge in [-0.25, -0.2) is 13.1 Å². The zero-order chi connectivity index (χ0) is 22.4. The molecule has 0 N–H and O–H groups in total. The van der Waals surface area contributed by atoms with Crippen LogP contribution in [0.4, 0.5) is 13.2 Å². The van der Waals surface area contributed by atoms with E-state index < -0.39 is 50.1 Å². The van der Waals surface area contributed by atoms with Crippen molar-refractivity contribution in [1.82, 2.24) is 24.4 Å². The number of sulfone groups is 1. The molecule has 0 aromatic carbocycles. The molecule has 0 saturated carbocycles. The van der Waals surface area contributed by atoms with Gasteiger partial charge < -0.3 is 4.42 Å². The van der Waals surface area contributed by atoms with Crippen LogP contribution in [0.25, 0.3) is 5.65 Å². The lowest BCUT2D eigenvalue weighted by Gasteiger charge is -2.13. The second-order valence-corrected chi connectivity index (χ2v) is 9.26. The number of aryl methyl sites for hydroxylation is 2. The van der Waals surface area contributed by atoms with Gasteiger partial charge in [0.2, 0.25) is 5.89 Å². The van der Waals surface area contributed by atoms with Crippen LogP contribution < -0.4 is 5.68 Å². The Morgan fingerprint density at radius 1 is 1.27 bits per heavy atom. The summed E-state index contributed by atoms with van der Waals surface area (Å²) in [7, 11) is -2.32. The molecule has 0 unspecified atom stereocenters. The van der Waals surface area contributed by atoms with E-state index in [0.717, 1.165) is 6.07 Å². The second-order valence-electron chi connectivity index (χ2n) is 6.71. The number of hydrogen-bond donors (Lipinski definition) is 0. The molecule has 0 aliphatic rings. The fourth-order valence-corrected chi connectivity index (χ4v) is 3.48. The highest BCUT2D eigenvalue weighted by Crippen LogP contribution is 2.31. The molecule has 0 aliphatic carbocycles. The molecule has 14 heteroatoms. The maximum Gasteiger partial charge on any atom is 0.431 e. The molecular weight excluding hydrogens is 429 g/mol. The SMILES string of the molecule is Cc1nn(C)c(=NC(=O)c2ccc(C(F)(F)F)n3c(CS(=O)(=O)C(C)C)nnc23)o1. The number of amides is 1. The lowest BCUT2D eigenvalue weighted by molar-refractivity contribution is -0.142. The molecule has 0 fully saturated rings. The lowest BCUT2D eigenvalue weighted by Crippen LogP contribution is -2.21. The normalized spacial score (nSPS) is 13.5. The average molecular weight is 446 g/mol. The second kappa shape index (κ2) is 7.34. The van der Waals surface area contributed by atoms with Crippen molar-refractivity contribution < 1.29 is 30.8 Å². The van der Waals surface area contributed by atoms with Crippen LogP contribution in [0.1, 0.15) is 41.6 Å². The molecule has 0 atom stereocenters. The summed E-state index contributed by atoms with van der Waals surface area (Å²) in [5.74, 6) is -1.96. The molecule has 3 aromatic rings. The number of halogens is 3. The largest absolute Gasteiger partial charge is 0.431 e. The third-order valence-electron chi connectivity index (χ3n) is 4.19. The molecule has 0 spiro atoms. The third kappa shape index (κ3) is 3.99. The molecule has 0 radical (unpaired) electrons. The van der Waals surface area contributed by atoms with Gasteiger partial charge in [0.25, 0.3) is 5.91 Å². The quantitative estimate of drug-likeness (QED) is 0.594. The van der Waals surface area contributed by atoms with Gasteiger partial charge >= 0.3 is 11.9 Å². The molecule has 162 valence electrons. The van der Waals surface area contributed by atoms with Crippen molar-refractivity contribution in [3.8, 4) is 0 Å². The smallest absolute Gasteiger partial charge is 0.408 e. The van der Waals surface area contributed by atoms with Gasteiger partial charge in [-0.3, -0.25) is 9.20 Å². The van der Waals surface area contributed by atoms with Crippen LogP contribution in [0.3, 0.4) is 0 Å². The Hall–Kier alpha value is -3.03. The van der Waals surface area contributed by atoms with E-state index in [1.165, 1.54) is 32.5 Å². The Kier molecular flexibility index (Phi) is 5.30. The Balaban J connectivity index is 2.23. The van der Waals surface area contributed by atoms with Crippen molar-refractivity contribution >= 4 is 21.4 Å². The van der Waals surface area contributed by atoms with Gasteiger partial charge in [-0.2, -0.15) is 18.2 Å². The monoisotopic (exact) mass is 446 g/mol. The summed E-state index contributed by atoms with van der Waals surface area (Å²) >= 11 is 0. The lowest BCUT2D eigenvalue weighted by atomic mass is 10.2. The summed E-state index contributed by atoms with van der Waals surface area (Å²) in [6, 6.07) is 1.55. The van der Waals surface area contributed by atoms with Gasteiger partial charge in [0, 0.05) is 14.0 Å². The number of hydrogen-bond acceptors (Lipinski definition) is 7. The number of nitrogens with zero attached hydrogens (tertiary/aromatic N) is 6. The van der Waals surface area contributed by atoms with E-state index in [9.17, 15) is 26.4 Å². The summed E-state index contributed by atoms with van der Waals surface area (Å²) in [5.41, 5.74) is -2.16. The van der Waals surface area contributed by atoms with Crippen molar-refractivity contribution in [1.29, 1.82) is 0 Å². The van der Waals surface area contributed by atoms with Crippen LogP contribution in [-0.2, 0) is 28.8 Å². The molecule has 0 aliphatic heterocycles. The van der Waals surface area contributed by atoms with Crippen LogP contribution in [0, 0.1) is 6.92 Å². The maximum absolute atomic E-state index is 13.5. The molecule has 3 aromatic heterocycles. The Morgan fingerprint density at radius 2 is 1.93 bits per heavy atom. The van der Waals surface area contributed by atoms with Crippen molar-refractivity contribution in [2.45, 2.75) is 38.0 Å². The predicted octanol–water partition coefficient (Wildman–Crippen LogP) is 1.45. The van der Waals surface area contributed by atoms with E-state index in [2.05, 4.69) is 20.3 Å². The van der Waals surface area contributed by atoms with Gasteiger partial charge in [-0.1, -0.05) is 0 Å². The predicted molar refractivity (Wildman–Crippen MR) is 95.9 cm³/mol. The summed E-state index contributed by atoms with van der Waals surface area (Å²) < 4.78 is 71.9. The first-order valence-corrected chi connectivity index (χ1v) is 10.3. The summed E-state index contributed by atoms with van der Waals surface area (Å²) in [4.78, 5) is 16.3. The highest BCUT2D eigenvalue weighted by atomic mass is 32.2.